The summed E-state index contributed by atoms with van der Waals surface area (Å²) in [7, 11) is 3.70. The minimum absolute atomic E-state index is 0.258. The van der Waals surface area contributed by atoms with E-state index < -0.39 is 0 Å². The minimum Gasteiger partial charge on any atom is -0.383 e. The summed E-state index contributed by atoms with van der Waals surface area (Å²) in [6.07, 6.45) is 4.18. The number of methoxy groups -OCH3 is 1. The molecule has 1 aromatic rings. The lowest BCUT2D eigenvalue weighted by molar-refractivity contribution is 0.166. The van der Waals surface area contributed by atoms with Crippen molar-refractivity contribution in [2.24, 2.45) is 7.05 Å². The second kappa shape index (κ2) is 6.66. The maximum Gasteiger partial charge on any atom is 0.0670 e. The van der Waals surface area contributed by atoms with Gasteiger partial charge in [-0.25, -0.2) is 0 Å². The van der Waals surface area contributed by atoms with Crippen LogP contribution >= 0.6 is 0 Å². The number of nitrogens with one attached hydrogen (secondary N) is 1. The molecule has 0 amide bonds. The van der Waals surface area contributed by atoms with Crippen LogP contribution in [0.3, 0.4) is 0 Å². The number of ether oxygens (including phenoxy) is 1. The van der Waals surface area contributed by atoms with Gasteiger partial charge in [0.1, 0.15) is 0 Å². The number of nitrogens with zero attached hydrogens (tertiary/aromatic N) is 2. The third kappa shape index (κ3) is 3.32. The Balaban J connectivity index is 2.81. The van der Waals surface area contributed by atoms with Crippen LogP contribution in [0.25, 0.3) is 0 Å². The Kier molecular flexibility index (Phi) is 5.49. The quantitative estimate of drug-likeness (QED) is 0.767. The zero-order valence-electron chi connectivity index (χ0n) is 10.8. The van der Waals surface area contributed by atoms with Crippen molar-refractivity contribution in [3.8, 4) is 0 Å². The van der Waals surface area contributed by atoms with Crippen LogP contribution < -0.4 is 5.32 Å². The van der Waals surface area contributed by atoms with Gasteiger partial charge in [0, 0.05) is 25.9 Å². The van der Waals surface area contributed by atoms with Crippen LogP contribution in [0.5, 0.6) is 0 Å². The fourth-order valence-corrected chi connectivity index (χ4v) is 1.86. The molecule has 0 aliphatic carbocycles. The number of aryl methyl sites for hydroxylation is 2. The minimum atomic E-state index is 0.258. The Morgan fingerprint density at radius 2 is 2.25 bits per heavy atom. The van der Waals surface area contributed by atoms with E-state index in [9.17, 15) is 0 Å². The van der Waals surface area contributed by atoms with Crippen LogP contribution in [0.1, 0.15) is 37.6 Å². The monoisotopic (exact) mass is 225 g/mol. The molecule has 0 aliphatic heterocycles. The fourth-order valence-electron chi connectivity index (χ4n) is 1.86. The van der Waals surface area contributed by atoms with Gasteiger partial charge in [0.05, 0.1) is 18.3 Å². The molecule has 0 saturated heterocycles. The van der Waals surface area contributed by atoms with E-state index in [0.29, 0.717) is 6.61 Å². The summed E-state index contributed by atoms with van der Waals surface area (Å²) in [5.41, 5.74) is 2.42. The van der Waals surface area contributed by atoms with Crippen LogP contribution in [0.2, 0.25) is 0 Å². The predicted octanol–water partition coefficient (Wildman–Crippen LogP) is 1.67. The normalized spacial score (nSPS) is 13.0. The largest absolute Gasteiger partial charge is 0.383 e. The second-order valence-corrected chi connectivity index (χ2v) is 4.02. The highest BCUT2D eigenvalue weighted by Gasteiger charge is 2.16. The van der Waals surface area contributed by atoms with Crippen LogP contribution in [0.15, 0.2) is 6.20 Å². The molecule has 4 nitrogen and oxygen atoms in total. The van der Waals surface area contributed by atoms with Crippen molar-refractivity contribution in [2.45, 2.75) is 32.7 Å². The van der Waals surface area contributed by atoms with Gasteiger partial charge in [-0.3, -0.25) is 4.68 Å². The number of aromatic nitrogens is 2. The summed E-state index contributed by atoms with van der Waals surface area (Å²) in [6, 6.07) is 0.258. The molecule has 1 N–H and O–H groups in total. The summed E-state index contributed by atoms with van der Waals surface area (Å²) in [4.78, 5) is 0. The molecule has 0 spiro atoms. The summed E-state index contributed by atoms with van der Waals surface area (Å²) >= 11 is 0. The molecule has 1 rings (SSSR count). The van der Waals surface area contributed by atoms with Crippen LogP contribution in [0, 0.1) is 0 Å². The lowest BCUT2D eigenvalue weighted by Gasteiger charge is -2.17. The highest BCUT2D eigenvalue weighted by Crippen LogP contribution is 2.17. The first-order valence-corrected chi connectivity index (χ1v) is 5.97. The lowest BCUT2D eigenvalue weighted by atomic mass is 10.1. The van der Waals surface area contributed by atoms with Crippen molar-refractivity contribution < 1.29 is 4.74 Å². The first-order chi connectivity index (χ1) is 7.72. The SMILES string of the molecule is CCCNC(COC)c1cn(C)nc1CC. The first-order valence-electron chi connectivity index (χ1n) is 5.97. The van der Waals surface area contributed by atoms with Gasteiger partial charge in [0.25, 0.3) is 0 Å². The number of rotatable bonds is 7. The van der Waals surface area contributed by atoms with Gasteiger partial charge in [-0.1, -0.05) is 13.8 Å². The third-order valence-corrected chi connectivity index (χ3v) is 2.62. The zero-order chi connectivity index (χ0) is 12.0. The summed E-state index contributed by atoms with van der Waals surface area (Å²) < 4.78 is 7.14. The molecule has 1 heterocycles. The van der Waals surface area contributed by atoms with E-state index in [1.165, 1.54) is 5.56 Å². The molecule has 0 aromatic carbocycles. The molecule has 0 radical (unpaired) electrons. The molecule has 1 atom stereocenters. The summed E-state index contributed by atoms with van der Waals surface area (Å²) in [6.45, 7) is 6.00. The maximum absolute atomic E-state index is 5.26. The molecular formula is C12H23N3O. The van der Waals surface area contributed by atoms with E-state index in [0.717, 1.165) is 25.1 Å². The van der Waals surface area contributed by atoms with Gasteiger partial charge in [0.15, 0.2) is 0 Å². The Bertz CT molecular complexity index is 309. The molecule has 0 saturated carbocycles. The highest BCUT2D eigenvalue weighted by atomic mass is 16.5. The average Bonchev–Trinajstić information content (AvgIpc) is 2.65. The van der Waals surface area contributed by atoms with E-state index in [1.807, 2.05) is 11.7 Å². The van der Waals surface area contributed by atoms with Gasteiger partial charge < -0.3 is 10.1 Å². The predicted molar refractivity (Wildman–Crippen MR) is 65.5 cm³/mol. The highest BCUT2D eigenvalue weighted by molar-refractivity contribution is 5.21. The molecule has 1 unspecified atom stereocenters. The van der Waals surface area contributed by atoms with Crippen molar-refractivity contribution in [2.75, 3.05) is 20.3 Å². The van der Waals surface area contributed by atoms with Crippen LogP contribution in [0.4, 0.5) is 0 Å². The molecule has 4 heteroatoms. The maximum atomic E-state index is 5.26. The molecule has 0 bridgehead atoms. The smallest absolute Gasteiger partial charge is 0.0670 e. The topological polar surface area (TPSA) is 39.1 Å². The first kappa shape index (κ1) is 13.2. The molecule has 0 fully saturated rings. The van der Waals surface area contributed by atoms with Gasteiger partial charge >= 0.3 is 0 Å². The van der Waals surface area contributed by atoms with E-state index >= 15 is 0 Å². The molecule has 1 aromatic heterocycles. The van der Waals surface area contributed by atoms with Gasteiger partial charge in [-0.05, 0) is 19.4 Å². The van der Waals surface area contributed by atoms with Gasteiger partial charge in [0.2, 0.25) is 0 Å². The standard InChI is InChI=1S/C12H23N3O/c1-5-7-13-12(9-16-4)10-8-15(3)14-11(10)6-2/h8,12-13H,5-7,9H2,1-4H3. The zero-order valence-corrected chi connectivity index (χ0v) is 10.8. The van der Waals surface area contributed by atoms with Crippen molar-refractivity contribution in [1.29, 1.82) is 0 Å². The van der Waals surface area contributed by atoms with Crippen molar-refractivity contribution in [1.82, 2.24) is 15.1 Å². The number of hydrogen-bond acceptors (Lipinski definition) is 3. The molecular weight excluding hydrogens is 202 g/mol. The Morgan fingerprint density at radius 1 is 1.50 bits per heavy atom. The van der Waals surface area contributed by atoms with Crippen molar-refractivity contribution in [3.63, 3.8) is 0 Å². The van der Waals surface area contributed by atoms with E-state index in [2.05, 4.69) is 30.5 Å². The fraction of sp³-hybridized carbons (Fsp3) is 0.750. The number of hydrogen-bond donors (Lipinski definition) is 1. The van der Waals surface area contributed by atoms with Crippen LogP contribution in [-0.4, -0.2) is 30.0 Å². The van der Waals surface area contributed by atoms with E-state index in [1.54, 1.807) is 7.11 Å². The lowest BCUT2D eigenvalue weighted by Crippen LogP contribution is -2.26. The van der Waals surface area contributed by atoms with E-state index in [-0.39, 0.29) is 6.04 Å². The molecule has 92 valence electrons. The Labute approximate surface area is 98.0 Å². The molecule has 0 aliphatic rings. The van der Waals surface area contributed by atoms with Crippen molar-refractivity contribution >= 4 is 0 Å². The van der Waals surface area contributed by atoms with Crippen molar-refractivity contribution in [3.05, 3.63) is 17.5 Å². The molecule has 16 heavy (non-hydrogen) atoms. The second-order valence-electron chi connectivity index (χ2n) is 4.02. The summed E-state index contributed by atoms with van der Waals surface area (Å²) in [5, 5.41) is 7.96. The average molecular weight is 225 g/mol. The van der Waals surface area contributed by atoms with Crippen LogP contribution in [-0.2, 0) is 18.2 Å². The van der Waals surface area contributed by atoms with E-state index in [4.69, 9.17) is 4.74 Å². The van der Waals surface area contributed by atoms with Gasteiger partial charge in [-0.15, -0.1) is 0 Å². The van der Waals surface area contributed by atoms with Gasteiger partial charge in [-0.2, -0.15) is 5.10 Å². The third-order valence-electron chi connectivity index (χ3n) is 2.62. The summed E-state index contributed by atoms with van der Waals surface area (Å²) in [5.74, 6) is 0. The Morgan fingerprint density at radius 3 is 2.81 bits per heavy atom. The Hall–Kier alpha value is -0.870.